The molecule has 112 valence electrons. The third kappa shape index (κ3) is 4.26. The lowest BCUT2D eigenvalue weighted by Crippen LogP contribution is -2.24. The molecular weight excluding hydrogens is 244 g/mol. The van der Waals surface area contributed by atoms with Gasteiger partial charge in [0.15, 0.2) is 0 Å². The fourth-order valence-electron chi connectivity index (χ4n) is 3.79. The minimum Gasteiger partial charge on any atom is -0.494 e. The topological polar surface area (TPSA) is 9.23 Å². The van der Waals surface area contributed by atoms with Crippen molar-refractivity contribution < 1.29 is 4.74 Å². The van der Waals surface area contributed by atoms with E-state index in [0.29, 0.717) is 5.41 Å². The molecule has 0 N–H and O–H groups in total. The lowest BCUT2D eigenvalue weighted by Gasteiger charge is -2.37. The Labute approximate surface area is 124 Å². The highest BCUT2D eigenvalue weighted by atomic mass is 16.5. The first-order valence-corrected chi connectivity index (χ1v) is 8.50. The van der Waals surface area contributed by atoms with Crippen LogP contribution in [0.25, 0.3) is 0 Å². The minimum atomic E-state index is 0.644. The van der Waals surface area contributed by atoms with Gasteiger partial charge in [0.25, 0.3) is 0 Å². The third-order valence-corrected chi connectivity index (χ3v) is 4.87. The van der Waals surface area contributed by atoms with E-state index < -0.39 is 0 Å². The smallest absolute Gasteiger partial charge is 0.119 e. The van der Waals surface area contributed by atoms with Crippen molar-refractivity contribution in [3.8, 4) is 5.75 Å². The first-order chi connectivity index (χ1) is 9.78. The molecular formula is C19H30O. The van der Waals surface area contributed by atoms with E-state index in [0.717, 1.165) is 12.4 Å². The van der Waals surface area contributed by atoms with Crippen molar-refractivity contribution in [1.82, 2.24) is 0 Å². The zero-order chi connectivity index (χ0) is 14.3. The standard InChI is InChI=1S/C19H30O/c1-3-13-19(14-6-5-7-15-19)16-12-17-8-10-18(11-9-17)20-4-2/h8-11H,3-7,12-16H2,1-2H3. The average molecular weight is 274 g/mol. The maximum atomic E-state index is 5.51. The number of aryl methyl sites for hydroxylation is 1. The summed E-state index contributed by atoms with van der Waals surface area (Å²) in [5.41, 5.74) is 2.11. The van der Waals surface area contributed by atoms with E-state index in [1.54, 1.807) is 0 Å². The lowest BCUT2D eigenvalue weighted by atomic mass is 9.68. The zero-order valence-corrected chi connectivity index (χ0v) is 13.3. The Bertz CT molecular complexity index is 368. The first kappa shape index (κ1) is 15.4. The van der Waals surface area contributed by atoms with Crippen LogP contribution in [0.1, 0.15) is 70.8 Å². The summed E-state index contributed by atoms with van der Waals surface area (Å²) >= 11 is 0. The normalized spacial score (nSPS) is 17.9. The number of benzene rings is 1. The Balaban J connectivity index is 1.91. The van der Waals surface area contributed by atoms with Gasteiger partial charge in [-0.25, -0.2) is 0 Å². The summed E-state index contributed by atoms with van der Waals surface area (Å²) in [6.45, 7) is 5.12. The van der Waals surface area contributed by atoms with Crippen LogP contribution in [0.15, 0.2) is 24.3 Å². The maximum Gasteiger partial charge on any atom is 0.119 e. The van der Waals surface area contributed by atoms with Crippen molar-refractivity contribution in [2.75, 3.05) is 6.61 Å². The molecule has 1 saturated carbocycles. The molecule has 1 aromatic rings. The van der Waals surface area contributed by atoms with Gasteiger partial charge < -0.3 is 4.74 Å². The van der Waals surface area contributed by atoms with Gasteiger partial charge >= 0.3 is 0 Å². The van der Waals surface area contributed by atoms with Crippen LogP contribution in [0.2, 0.25) is 0 Å². The highest BCUT2D eigenvalue weighted by molar-refractivity contribution is 5.27. The molecule has 1 fully saturated rings. The van der Waals surface area contributed by atoms with Crippen molar-refractivity contribution in [2.24, 2.45) is 5.41 Å². The number of hydrogen-bond donors (Lipinski definition) is 0. The molecule has 1 aromatic carbocycles. The summed E-state index contributed by atoms with van der Waals surface area (Å²) < 4.78 is 5.51. The van der Waals surface area contributed by atoms with E-state index in [9.17, 15) is 0 Å². The molecule has 0 spiro atoms. The lowest BCUT2D eigenvalue weighted by molar-refractivity contribution is 0.156. The van der Waals surface area contributed by atoms with Crippen LogP contribution in [-0.4, -0.2) is 6.61 Å². The fourth-order valence-corrected chi connectivity index (χ4v) is 3.79. The summed E-state index contributed by atoms with van der Waals surface area (Å²) in [4.78, 5) is 0. The predicted octanol–water partition coefficient (Wildman–Crippen LogP) is 5.77. The maximum absolute atomic E-state index is 5.51. The Kier molecular flexibility index (Phi) is 5.94. The second-order valence-corrected chi connectivity index (χ2v) is 6.39. The van der Waals surface area contributed by atoms with Crippen LogP contribution >= 0.6 is 0 Å². The molecule has 2 rings (SSSR count). The number of ether oxygens (including phenoxy) is 1. The molecule has 0 amide bonds. The second kappa shape index (κ2) is 7.71. The van der Waals surface area contributed by atoms with Gasteiger partial charge in [0.1, 0.15) is 5.75 Å². The predicted molar refractivity (Wildman–Crippen MR) is 86.4 cm³/mol. The molecule has 1 aliphatic carbocycles. The highest BCUT2D eigenvalue weighted by Gasteiger charge is 2.30. The van der Waals surface area contributed by atoms with Crippen molar-refractivity contribution >= 4 is 0 Å². The molecule has 20 heavy (non-hydrogen) atoms. The summed E-state index contributed by atoms with van der Waals surface area (Å²) in [7, 11) is 0. The highest BCUT2D eigenvalue weighted by Crippen LogP contribution is 2.43. The Hall–Kier alpha value is -0.980. The molecule has 1 nitrogen and oxygen atoms in total. The van der Waals surface area contributed by atoms with E-state index in [1.165, 1.54) is 63.4 Å². The van der Waals surface area contributed by atoms with Gasteiger partial charge in [-0.3, -0.25) is 0 Å². The minimum absolute atomic E-state index is 0.644. The molecule has 0 aromatic heterocycles. The number of rotatable bonds is 7. The molecule has 0 atom stereocenters. The van der Waals surface area contributed by atoms with Crippen molar-refractivity contribution in [2.45, 2.75) is 71.6 Å². The van der Waals surface area contributed by atoms with Crippen LogP contribution in [0, 0.1) is 5.41 Å². The molecule has 0 radical (unpaired) electrons. The van der Waals surface area contributed by atoms with Gasteiger partial charge in [0, 0.05) is 0 Å². The molecule has 0 saturated heterocycles. The van der Waals surface area contributed by atoms with Gasteiger partial charge in [0.05, 0.1) is 6.61 Å². The molecule has 0 aliphatic heterocycles. The van der Waals surface area contributed by atoms with E-state index >= 15 is 0 Å². The Morgan fingerprint density at radius 3 is 2.25 bits per heavy atom. The van der Waals surface area contributed by atoms with E-state index in [-0.39, 0.29) is 0 Å². The molecule has 0 bridgehead atoms. The van der Waals surface area contributed by atoms with E-state index in [4.69, 9.17) is 4.74 Å². The summed E-state index contributed by atoms with van der Waals surface area (Å²) in [6, 6.07) is 8.72. The van der Waals surface area contributed by atoms with Crippen LogP contribution in [-0.2, 0) is 6.42 Å². The van der Waals surface area contributed by atoms with Gasteiger partial charge in [-0.05, 0) is 62.1 Å². The molecule has 1 aliphatic rings. The first-order valence-electron chi connectivity index (χ1n) is 8.50. The van der Waals surface area contributed by atoms with Crippen LogP contribution in [0.4, 0.5) is 0 Å². The SMILES string of the molecule is CCCC1(CCc2ccc(OCC)cc2)CCCCC1. The van der Waals surface area contributed by atoms with E-state index in [2.05, 4.69) is 31.2 Å². The summed E-state index contributed by atoms with van der Waals surface area (Å²) in [6.07, 6.45) is 12.6. The monoisotopic (exact) mass is 274 g/mol. The third-order valence-electron chi connectivity index (χ3n) is 4.87. The summed E-state index contributed by atoms with van der Waals surface area (Å²) in [5.74, 6) is 0.997. The van der Waals surface area contributed by atoms with Gasteiger partial charge in [-0.1, -0.05) is 44.7 Å². The molecule has 1 heteroatoms. The van der Waals surface area contributed by atoms with Crippen LogP contribution in [0.3, 0.4) is 0 Å². The Morgan fingerprint density at radius 1 is 0.950 bits per heavy atom. The second-order valence-electron chi connectivity index (χ2n) is 6.39. The average Bonchev–Trinajstić information content (AvgIpc) is 2.48. The fraction of sp³-hybridized carbons (Fsp3) is 0.684. The van der Waals surface area contributed by atoms with Crippen LogP contribution < -0.4 is 4.74 Å². The molecule has 0 heterocycles. The Morgan fingerprint density at radius 2 is 1.65 bits per heavy atom. The van der Waals surface area contributed by atoms with Crippen molar-refractivity contribution in [1.29, 1.82) is 0 Å². The van der Waals surface area contributed by atoms with Crippen molar-refractivity contribution in [3.05, 3.63) is 29.8 Å². The van der Waals surface area contributed by atoms with Gasteiger partial charge in [-0.2, -0.15) is 0 Å². The van der Waals surface area contributed by atoms with E-state index in [1.807, 2.05) is 6.92 Å². The summed E-state index contributed by atoms with van der Waals surface area (Å²) in [5, 5.41) is 0. The largest absolute Gasteiger partial charge is 0.494 e. The van der Waals surface area contributed by atoms with Crippen molar-refractivity contribution in [3.63, 3.8) is 0 Å². The molecule has 0 unspecified atom stereocenters. The zero-order valence-electron chi connectivity index (χ0n) is 13.3. The van der Waals surface area contributed by atoms with Gasteiger partial charge in [0.2, 0.25) is 0 Å². The quantitative estimate of drug-likeness (QED) is 0.613. The number of hydrogen-bond acceptors (Lipinski definition) is 1. The van der Waals surface area contributed by atoms with Gasteiger partial charge in [-0.15, -0.1) is 0 Å². The van der Waals surface area contributed by atoms with Crippen LogP contribution in [0.5, 0.6) is 5.75 Å².